The Hall–Kier alpha value is -3.09. The van der Waals surface area contributed by atoms with Crippen molar-refractivity contribution in [2.75, 3.05) is 0 Å². The van der Waals surface area contributed by atoms with E-state index in [0.717, 1.165) is 28.2 Å². The van der Waals surface area contributed by atoms with E-state index in [2.05, 4.69) is 0 Å². The molecule has 2 aliphatic rings. The molecule has 0 N–H and O–H groups in total. The molecule has 0 aliphatic carbocycles. The summed E-state index contributed by atoms with van der Waals surface area (Å²) in [4.78, 5) is 10.7. The number of rotatable bonds is 3. The van der Waals surface area contributed by atoms with Gasteiger partial charge in [-0.15, -0.1) is 0 Å². The first-order chi connectivity index (χ1) is 14.8. The number of halogens is 2. The van der Waals surface area contributed by atoms with Gasteiger partial charge in [-0.2, -0.15) is 5.10 Å². The van der Waals surface area contributed by atoms with Gasteiger partial charge in [-0.1, -0.05) is 35.3 Å². The maximum Gasteiger partial charge on any atom is 0.269 e. The van der Waals surface area contributed by atoms with Gasteiger partial charge in [0.25, 0.3) is 5.69 Å². The van der Waals surface area contributed by atoms with Crippen LogP contribution in [0.2, 0.25) is 10.0 Å². The maximum atomic E-state index is 11.1. The van der Waals surface area contributed by atoms with Gasteiger partial charge in [-0.25, -0.2) is 5.01 Å². The zero-order valence-corrected chi connectivity index (χ0v) is 18.0. The fourth-order valence-corrected chi connectivity index (χ4v) is 4.49. The molecule has 0 spiro atoms. The molecule has 2 aliphatic heterocycles. The minimum Gasteiger partial charge on any atom is -0.462 e. The van der Waals surface area contributed by atoms with E-state index in [1.165, 1.54) is 12.1 Å². The van der Waals surface area contributed by atoms with Crippen molar-refractivity contribution < 1.29 is 9.66 Å². The molecule has 0 fully saturated rings. The Bertz CT molecular complexity index is 1210. The van der Waals surface area contributed by atoms with E-state index >= 15 is 0 Å². The number of ether oxygens (including phenoxy) is 1. The summed E-state index contributed by atoms with van der Waals surface area (Å²) in [6.45, 7) is 1.92. The van der Waals surface area contributed by atoms with Crippen LogP contribution in [0.3, 0.4) is 0 Å². The molecular weight excluding hydrogens is 437 g/mol. The lowest BCUT2D eigenvalue weighted by molar-refractivity contribution is -0.384. The van der Waals surface area contributed by atoms with Gasteiger partial charge in [0.15, 0.2) is 0 Å². The highest BCUT2D eigenvalue weighted by atomic mass is 35.5. The highest BCUT2D eigenvalue weighted by Crippen LogP contribution is 2.51. The molecule has 156 valence electrons. The molecule has 0 aromatic heterocycles. The fourth-order valence-electron chi connectivity index (χ4n) is 4.18. The second kappa shape index (κ2) is 7.25. The first-order valence-electron chi connectivity index (χ1n) is 9.71. The van der Waals surface area contributed by atoms with Gasteiger partial charge in [0.2, 0.25) is 5.72 Å². The molecule has 3 aromatic rings. The van der Waals surface area contributed by atoms with Crippen LogP contribution in [-0.4, -0.2) is 15.6 Å². The van der Waals surface area contributed by atoms with Crippen molar-refractivity contribution >= 4 is 34.6 Å². The van der Waals surface area contributed by atoms with Crippen molar-refractivity contribution in [3.8, 4) is 5.75 Å². The topological polar surface area (TPSA) is 68.0 Å². The summed E-state index contributed by atoms with van der Waals surface area (Å²) in [7, 11) is 0. The molecule has 2 unspecified atom stereocenters. The number of fused-ring (bicyclic) bond motifs is 3. The highest BCUT2D eigenvalue weighted by molar-refractivity contribution is 6.31. The van der Waals surface area contributed by atoms with Gasteiger partial charge < -0.3 is 4.74 Å². The largest absolute Gasteiger partial charge is 0.462 e. The van der Waals surface area contributed by atoms with E-state index in [4.69, 9.17) is 33.0 Å². The predicted octanol–water partition coefficient (Wildman–Crippen LogP) is 6.32. The summed E-state index contributed by atoms with van der Waals surface area (Å²) < 4.78 is 6.45. The van der Waals surface area contributed by atoms with Crippen LogP contribution in [0, 0.1) is 10.1 Å². The lowest BCUT2D eigenvalue weighted by Crippen LogP contribution is -2.48. The van der Waals surface area contributed by atoms with Crippen LogP contribution in [-0.2, 0) is 5.72 Å². The van der Waals surface area contributed by atoms with Crippen molar-refractivity contribution in [3.05, 3.63) is 104 Å². The minimum atomic E-state index is -0.950. The van der Waals surface area contributed by atoms with Crippen LogP contribution in [0.5, 0.6) is 5.75 Å². The van der Waals surface area contributed by atoms with Crippen molar-refractivity contribution in [2.24, 2.45) is 5.10 Å². The van der Waals surface area contributed by atoms with E-state index in [0.29, 0.717) is 16.5 Å². The van der Waals surface area contributed by atoms with Crippen LogP contribution in [0.15, 0.2) is 71.8 Å². The Kier molecular flexibility index (Phi) is 4.64. The van der Waals surface area contributed by atoms with E-state index in [1.54, 1.807) is 18.2 Å². The van der Waals surface area contributed by atoms with Crippen molar-refractivity contribution in [1.82, 2.24) is 5.01 Å². The van der Waals surface area contributed by atoms with Gasteiger partial charge >= 0.3 is 0 Å². The average molecular weight is 454 g/mol. The third-order valence-corrected chi connectivity index (χ3v) is 6.27. The van der Waals surface area contributed by atoms with Gasteiger partial charge in [0.05, 0.1) is 16.7 Å². The first kappa shape index (κ1) is 19.8. The molecule has 31 heavy (non-hydrogen) atoms. The highest BCUT2D eigenvalue weighted by Gasteiger charge is 2.49. The summed E-state index contributed by atoms with van der Waals surface area (Å²) in [6.07, 6.45) is 0.668. The van der Waals surface area contributed by atoms with Crippen LogP contribution in [0.25, 0.3) is 0 Å². The van der Waals surface area contributed by atoms with Crippen LogP contribution < -0.4 is 4.74 Å². The van der Waals surface area contributed by atoms with Crippen molar-refractivity contribution in [1.29, 1.82) is 0 Å². The predicted molar refractivity (Wildman–Crippen MR) is 120 cm³/mol. The average Bonchev–Trinajstić information content (AvgIpc) is 3.22. The number of nitrogens with zero attached hydrogens (tertiary/aromatic N) is 3. The third-order valence-electron chi connectivity index (χ3n) is 5.78. The molecule has 2 atom stereocenters. The Labute approximate surface area is 188 Å². The second-order valence-corrected chi connectivity index (χ2v) is 8.56. The second-order valence-electron chi connectivity index (χ2n) is 7.69. The van der Waals surface area contributed by atoms with Crippen LogP contribution in [0.4, 0.5) is 5.69 Å². The standard InChI is InChI=1S/C23H17Cl2N3O3/c1-23(15-4-9-18(10-5-15)28(29)30)27-21(19-12-17(25)8-11-22(19)31-23)13-20(26-27)14-2-6-16(24)7-3-14/h2-12,21H,13H2,1H3. The zero-order chi connectivity index (χ0) is 21.8. The monoisotopic (exact) mass is 453 g/mol. The molecule has 5 rings (SSSR count). The number of nitro benzene ring substituents is 1. The molecule has 0 saturated heterocycles. The van der Waals surface area contributed by atoms with Gasteiger partial charge in [0.1, 0.15) is 5.75 Å². The summed E-state index contributed by atoms with van der Waals surface area (Å²) in [5.74, 6) is 0.721. The normalized spacial score (nSPS) is 21.7. The lowest BCUT2D eigenvalue weighted by atomic mass is 9.92. The van der Waals surface area contributed by atoms with E-state index in [-0.39, 0.29) is 11.7 Å². The van der Waals surface area contributed by atoms with Crippen molar-refractivity contribution in [3.63, 3.8) is 0 Å². The Morgan fingerprint density at radius 3 is 2.42 bits per heavy atom. The Morgan fingerprint density at radius 1 is 1.06 bits per heavy atom. The lowest BCUT2D eigenvalue weighted by Gasteiger charge is -2.46. The molecule has 3 aromatic carbocycles. The summed E-state index contributed by atoms with van der Waals surface area (Å²) >= 11 is 12.3. The number of hydrogen-bond donors (Lipinski definition) is 0. The number of benzene rings is 3. The SMILES string of the molecule is CC1(c2ccc([N+](=O)[O-])cc2)Oc2ccc(Cl)cc2C2CC(c3ccc(Cl)cc3)=NN21. The molecule has 0 bridgehead atoms. The Balaban J connectivity index is 1.63. The van der Waals surface area contributed by atoms with E-state index < -0.39 is 10.6 Å². The van der Waals surface area contributed by atoms with E-state index in [9.17, 15) is 10.1 Å². The molecule has 6 nitrogen and oxygen atoms in total. The van der Waals surface area contributed by atoms with Gasteiger partial charge in [0, 0.05) is 46.6 Å². The molecule has 0 saturated carbocycles. The summed E-state index contributed by atoms with van der Waals surface area (Å²) in [5.41, 5.74) is 2.69. The van der Waals surface area contributed by atoms with Crippen LogP contribution in [0.1, 0.15) is 36.1 Å². The molecular formula is C23H17Cl2N3O3. The smallest absolute Gasteiger partial charge is 0.269 e. The molecule has 2 heterocycles. The molecule has 8 heteroatoms. The third kappa shape index (κ3) is 3.32. The van der Waals surface area contributed by atoms with Crippen molar-refractivity contribution in [2.45, 2.75) is 25.1 Å². The van der Waals surface area contributed by atoms with Gasteiger partial charge in [-0.3, -0.25) is 10.1 Å². The van der Waals surface area contributed by atoms with E-state index in [1.807, 2.05) is 48.3 Å². The number of hydrazone groups is 1. The number of non-ortho nitro benzene ring substituents is 1. The first-order valence-corrected chi connectivity index (χ1v) is 10.5. The summed E-state index contributed by atoms with van der Waals surface area (Å²) in [6, 6.07) is 19.4. The Morgan fingerprint density at radius 2 is 1.74 bits per heavy atom. The number of hydrogen-bond acceptors (Lipinski definition) is 5. The zero-order valence-electron chi connectivity index (χ0n) is 16.5. The maximum absolute atomic E-state index is 11.1. The fraction of sp³-hybridized carbons (Fsp3) is 0.174. The molecule has 0 radical (unpaired) electrons. The van der Waals surface area contributed by atoms with Gasteiger partial charge in [-0.05, 0) is 48.0 Å². The minimum absolute atomic E-state index is 0.0265. The number of nitro groups is 1. The summed E-state index contributed by atoms with van der Waals surface area (Å²) in [5, 5.41) is 19.2. The van der Waals surface area contributed by atoms with Crippen LogP contribution >= 0.6 is 23.2 Å². The molecule has 0 amide bonds. The quantitative estimate of drug-likeness (QED) is 0.343.